The predicted molar refractivity (Wildman–Crippen MR) is 86.6 cm³/mol. The first-order valence-electron chi connectivity index (χ1n) is 8.10. The van der Waals surface area contributed by atoms with Gasteiger partial charge in [0.1, 0.15) is 0 Å². The molecule has 3 atom stereocenters. The normalized spacial score (nSPS) is 23.2. The number of likely N-dealkylation sites (N-methyl/N-ethyl adjacent to an activating group) is 1. The maximum absolute atomic E-state index is 12.2. The second-order valence-corrected chi connectivity index (χ2v) is 6.41. The third kappa shape index (κ3) is 2.80. The van der Waals surface area contributed by atoms with Gasteiger partial charge in [-0.2, -0.15) is 0 Å². The number of benzene rings is 1. The SMILES string of the molecule is CNC(=O)Cc1ccc(C2=C(C(=O)[O-])N3C(=O)[C@H]([C@@H](C)O)[C@H]3C2)cc1. The molecule has 2 aliphatic rings. The topological polar surface area (TPSA) is 110 Å². The van der Waals surface area contributed by atoms with Gasteiger partial charge >= 0.3 is 0 Å². The van der Waals surface area contributed by atoms with Gasteiger partial charge in [-0.05, 0) is 30.0 Å². The maximum Gasteiger partial charge on any atom is 0.235 e. The van der Waals surface area contributed by atoms with E-state index in [0.29, 0.717) is 17.6 Å². The summed E-state index contributed by atoms with van der Waals surface area (Å²) < 4.78 is 0. The van der Waals surface area contributed by atoms with Crippen molar-refractivity contribution in [2.24, 2.45) is 5.92 Å². The van der Waals surface area contributed by atoms with Crippen LogP contribution in [0, 0.1) is 5.92 Å². The zero-order valence-corrected chi connectivity index (χ0v) is 14.0. The number of β-lactam (4-membered cyclic amide) rings is 1. The molecular weight excluding hydrogens is 324 g/mol. The number of nitrogens with one attached hydrogen (secondary N) is 1. The van der Waals surface area contributed by atoms with Crippen molar-refractivity contribution in [3.63, 3.8) is 0 Å². The van der Waals surface area contributed by atoms with Crippen molar-refractivity contribution in [3.8, 4) is 0 Å². The summed E-state index contributed by atoms with van der Waals surface area (Å²) >= 11 is 0. The van der Waals surface area contributed by atoms with Crippen LogP contribution in [-0.2, 0) is 20.8 Å². The van der Waals surface area contributed by atoms with Crippen molar-refractivity contribution in [1.82, 2.24) is 10.2 Å². The van der Waals surface area contributed by atoms with E-state index < -0.39 is 18.0 Å². The summed E-state index contributed by atoms with van der Waals surface area (Å²) in [7, 11) is 1.56. The molecule has 1 saturated heterocycles. The fourth-order valence-corrected chi connectivity index (χ4v) is 3.61. The number of rotatable bonds is 5. The van der Waals surface area contributed by atoms with Gasteiger partial charge < -0.3 is 25.2 Å². The van der Waals surface area contributed by atoms with E-state index in [1.807, 2.05) is 0 Å². The number of carboxylic acid groups (broad SMARTS) is 1. The molecule has 0 bridgehead atoms. The molecule has 2 amide bonds. The molecule has 0 unspecified atom stereocenters. The van der Waals surface area contributed by atoms with Crippen molar-refractivity contribution in [3.05, 3.63) is 41.1 Å². The van der Waals surface area contributed by atoms with Crippen LogP contribution in [0.15, 0.2) is 30.0 Å². The lowest BCUT2D eigenvalue weighted by Crippen LogP contribution is -2.62. The summed E-state index contributed by atoms with van der Waals surface area (Å²) in [5.74, 6) is -2.48. The highest BCUT2D eigenvalue weighted by atomic mass is 16.4. The Kier molecular flexibility index (Phi) is 4.34. The number of amides is 2. The fourth-order valence-electron chi connectivity index (χ4n) is 3.61. The number of aliphatic carboxylic acids is 1. The molecule has 2 aliphatic heterocycles. The van der Waals surface area contributed by atoms with Gasteiger partial charge in [-0.15, -0.1) is 0 Å². The van der Waals surface area contributed by atoms with Crippen LogP contribution in [-0.4, -0.2) is 47.0 Å². The fraction of sp³-hybridized carbons (Fsp3) is 0.389. The van der Waals surface area contributed by atoms with Crippen LogP contribution in [0.1, 0.15) is 24.5 Å². The van der Waals surface area contributed by atoms with Crippen LogP contribution < -0.4 is 10.4 Å². The zero-order chi connectivity index (χ0) is 18.3. The van der Waals surface area contributed by atoms with Crippen LogP contribution in [0.2, 0.25) is 0 Å². The van der Waals surface area contributed by atoms with E-state index in [-0.39, 0.29) is 30.0 Å². The van der Waals surface area contributed by atoms with Gasteiger partial charge in [0, 0.05) is 7.05 Å². The molecule has 25 heavy (non-hydrogen) atoms. The third-order valence-electron chi connectivity index (χ3n) is 4.87. The largest absolute Gasteiger partial charge is 0.543 e. The molecule has 0 aliphatic carbocycles. The molecule has 1 aromatic carbocycles. The quantitative estimate of drug-likeness (QED) is 0.670. The monoisotopic (exact) mass is 343 g/mol. The Morgan fingerprint density at radius 3 is 2.52 bits per heavy atom. The molecule has 0 aromatic heterocycles. The first-order valence-corrected chi connectivity index (χ1v) is 8.10. The third-order valence-corrected chi connectivity index (χ3v) is 4.87. The van der Waals surface area contributed by atoms with Gasteiger partial charge in [-0.1, -0.05) is 24.3 Å². The molecule has 2 heterocycles. The van der Waals surface area contributed by atoms with Crippen LogP contribution in [0.25, 0.3) is 5.57 Å². The summed E-state index contributed by atoms with van der Waals surface area (Å²) in [6.45, 7) is 1.53. The molecule has 0 saturated carbocycles. The number of nitrogens with zero attached hydrogens (tertiary/aromatic N) is 1. The predicted octanol–water partition coefficient (Wildman–Crippen LogP) is -0.952. The lowest BCUT2D eigenvalue weighted by molar-refractivity contribution is -0.301. The minimum Gasteiger partial charge on any atom is -0.543 e. The Labute approximate surface area is 144 Å². The molecule has 1 fully saturated rings. The molecule has 0 radical (unpaired) electrons. The van der Waals surface area contributed by atoms with Crippen molar-refractivity contribution < 1.29 is 24.6 Å². The van der Waals surface area contributed by atoms with Crippen LogP contribution in [0.5, 0.6) is 0 Å². The number of carbonyl (C=O) groups is 3. The highest BCUT2D eigenvalue weighted by Gasteiger charge is 2.55. The highest BCUT2D eigenvalue weighted by Crippen LogP contribution is 2.46. The van der Waals surface area contributed by atoms with Gasteiger partial charge in [-0.25, -0.2) is 0 Å². The molecule has 0 spiro atoms. The summed E-state index contributed by atoms with van der Waals surface area (Å²) in [4.78, 5) is 36.4. The first kappa shape index (κ1) is 17.2. The number of aliphatic hydroxyl groups excluding tert-OH is 1. The second kappa shape index (κ2) is 6.33. The number of carbonyl (C=O) groups excluding carboxylic acids is 3. The van der Waals surface area contributed by atoms with Crippen LogP contribution >= 0.6 is 0 Å². The average Bonchev–Trinajstić information content (AvgIpc) is 2.90. The van der Waals surface area contributed by atoms with Gasteiger partial charge in [0.05, 0.1) is 36.2 Å². The minimum atomic E-state index is -1.40. The molecular formula is C18H19N2O5-. The number of fused-ring (bicyclic) bond motifs is 1. The first-order chi connectivity index (χ1) is 11.8. The molecule has 1 aromatic rings. The van der Waals surface area contributed by atoms with E-state index in [9.17, 15) is 24.6 Å². The smallest absolute Gasteiger partial charge is 0.235 e. The Bertz CT molecular complexity index is 766. The lowest BCUT2D eigenvalue weighted by Gasteiger charge is -2.45. The van der Waals surface area contributed by atoms with E-state index in [0.717, 1.165) is 5.56 Å². The zero-order valence-electron chi connectivity index (χ0n) is 14.0. The van der Waals surface area contributed by atoms with Gasteiger partial charge in [0.25, 0.3) is 0 Å². The summed E-state index contributed by atoms with van der Waals surface area (Å²) in [5.41, 5.74) is 1.88. The standard InChI is InChI=1S/C18H20N2O5/c1-9(21)15-13-8-12(16(18(24)25)20(13)17(15)23)11-5-3-10(4-6-11)7-14(22)19-2/h3-6,9,13,15,21H,7-8H2,1-2H3,(H,19,22)(H,24,25)/p-1/t9-,13-,15-/m1/s1. The van der Waals surface area contributed by atoms with Crippen LogP contribution in [0.4, 0.5) is 0 Å². The van der Waals surface area contributed by atoms with Gasteiger partial charge in [0.2, 0.25) is 11.8 Å². The van der Waals surface area contributed by atoms with Gasteiger partial charge in [0.15, 0.2) is 0 Å². The van der Waals surface area contributed by atoms with Crippen molar-refractivity contribution in [2.75, 3.05) is 7.05 Å². The summed E-state index contributed by atoms with van der Waals surface area (Å²) in [6, 6.07) is 6.65. The number of hydrogen-bond donors (Lipinski definition) is 2. The van der Waals surface area contributed by atoms with E-state index >= 15 is 0 Å². The molecule has 7 nitrogen and oxygen atoms in total. The van der Waals surface area contributed by atoms with E-state index in [2.05, 4.69) is 5.32 Å². The molecule has 7 heteroatoms. The van der Waals surface area contributed by atoms with Crippen molar-refractivity contribution in [2.45, 2.75) is 31.9 Å². The molecule has 132 valence electrons. The van der Waals surface area contributed by atoms with Crippen LogP contribution in [0.3, 0.4) is 0 Å². The van der Waals surface area contributed by atoms with E-state index in [1.54, 1.807) is 31.3 Å². The maximum atomic E-state index is 12.2. The highest BCUT2D eigenvalue weighted by molar-refractivity contribution is 6.05. The number of aliphatic hydroxyl groups is 1. The Balaban J connectivity index is 1.90. The Hall–Kier alpha value is -2.67. The molecule has 3 rings (SSSR count). The number of hydrogen-bond acceptors (Lipinski definition) is 5. The summed E-state index contributed by atoms with van der Waals surface area (Å²) in [5, 5.41) is 23.9. The average molecular weight is 343 g/mol. The number of carboxylic acids is 1. The van der Waals surface area contributed by atoms with E-state index in [4.69, 9.17) is 0 Å². The van der Waals surface area contributed by atoms with Gasteiger partial charge in [-0.3, -0.25) is 9.59 Å². The Morgan fingerprint density at radius 1 is 1.36 bits per heavy atom. The molecule has 2 N–H and O–H groups in total. The Morgan fingerprint density at radius 2 is 2.00 bits per heavy atom. The summed E-state index contributed by atoms with van der Waals surface area (Å²) in [6.07, 6.45) is -0.231. The second-order valence-electron chi connectivity index (χ2n) is 6.41. The minimum absolute atomic E-state index is 0.113. The lowest BCUT2D eigenvalue weighted by atomic mass is 9.82. The van der Waals surface area contributed by atoms with Crippen molar-refractivity contribution >= 4 is 23.4 Å². The van der Waals surface area contributed by atoms with Crippen molar-refractivity contribution in [1.29, 1.82) is 0 Å². The van der Waals surface area contributed by atoms with E-state index in [1.165, 1.54) is 11.8 Å².